The fraction of sp³-hybridized carbons (Fsp3) is 0.455. The summed E-state index contributed by atoms with van der Waals surface area (Å²) in [7, 11) is 0. The van der Waals surface area contributed by atoms with Crippen LogP contribution in [0.1, 0.15) is 29.8 Å². The standard InChI is InChI=1S/C22H16F10N2OS/c23-19(21(27,28)29,22(30,31)32)15-8-6-13-14(33-15)7-9-16-18(13,36-12-4-2-1-3-5-12)10-11-34(16)17(35)20(24,25)26/h1-6,8,16H,7,9-11H2. The number of hydrogen-bond donors (Lipinski definition) is 0. The van der Waals surface area contributed by atoms with E-state index in [1.165, 1.54) is 0 Å². The van der Waals surface area contributed by atoms with E-state index in [0.29, 0.717) is 9.80 Å². The lowest BCUT2D eigenvalue weighted by molar-refractivity contribution is -0.350. The van der Waals surface area contributed by atoms with Gasteiger partial charge >= 0.3 is 30.1 Å². The first kappa shape index (κ1) is 26.6. The molecular formula is C22H16F10N2OS. The molecule has 1 aromatic heterocycles. The van der Waals surface area contributed by atoms with Crippen molar-refractivity contribution in [2.24, 2.45) is 0 Å². The average Bonchev–Trinajstić information content (AvgIpc) is 3.15. The Morgan fingerprint density at radius 1 is 0.917 bits per heavy atom. The molecule has 0 N–H and O–H groups in total. The number of halogens is 10. The minimum absolute atomic E-state index is 0.0699. The molecule has 2 aromatic rings. The molecule has 2 atom stereocenters. The highest BCUT2D eigenvalue weighted by Crippen LogP contribution is 2.58. The predicted octanol–water partition coefficient (Wildman–Crippen LogP) is 6.47. The van der Waals surface area contributed by atoms with Crippen LogP contribution >= 0.6 is 11.8 Å². The highest BCUT2D eigenvalue weighted by molar-refractivity contribution is 8.00. The Morgan fingerprint density at radius 2 is 1.53 bits per heavy atom. The van der Waals surface area contributed by atoms with Crippen LogP contribution in [-0.4, -0.2) is 46.9 Å². The van der Waals surface area contributed by atoms with Crippen molar-refractivity contribution in [2.75, 3.05) is 6.54 Å². The first-order chi connectivity index (χ1) is 16.5. The second-order valence-electron chi connectivity index (χ2n) is 8.45. The maximum absolute atomic E-state index is 14.6. The van der Waals surface area contributed by atoms with E-state index in [4.69, 9.17) is 0 Å². The number of nitrogens with zero attached hydrogens (tertiary/aromatic N) is 2. The third kappa shape index (κ3) is 4.10. The topological polar surface area (TPSA) is 33.2 Å². The quantitative estimate of drug-likeness (QED) is 0.414. The summed E-state index contributed by atoms with van der Waals surface area (Å²) in [5.74, 6) is -2.09. The molecule has 1 aromatic carbocycles. The number of carbonyl (C=O) groups is 1. The molecule has 3 nitrogen and oxygen atoms in total. The molecule has 14 heteroatoms. The summed E-state index contributed by atoms with van der Waals surface area (Å²) in [5, 5.41) is 0. The van der Waals surface area contributed by atoms with Crippen molar-refractivity contribution in [3.05, 3.63) is 59.4 Å². The number of rotatable bonds is 3. The van der Waals surface area contributed by atoms with E-state index < -0.39 is 46.6 Å². The summed E-state index contributed by atoms with van der Waals surface area (Å²) < 4.78 is 133. The van der Waals surface area contributed by atoms with E-state index in [9.17, 15) is 48.7 Å². The summed E-state index contributed by atoms with van der Waals surface area (Å²) in [6, 6.07) is 8.24. The number of alkyl halides is 10. The molecule has 1 fully saturated rings. The van der Waals surface area contributed by atoms with Crippen molar-refractivity contribution in [1.29, 1.82) is 0 Å². The molecule has 1 saturated heterocycles. The zero-order valence-electron chi connectivity index (χ0n) is 17.9. The van der Waals surface area contributed by atoms with Crippen molar-refractivity contribution < 1.29 is 48.7 Å². The molecule has 0 radical (unpaired) electrons. The molecule has 1 aliphatic heterocycles. The van der Waals surface area contributed by atoms with Gasteiger partial charge in [-0.2, -0.15) is 39.5 Å². The fourth-order valence-corrected chi connectivity index (χ4v) is 6.42. The largest absolute Gasteiger partial charge is 0.471 e. The third-order valence-electron chi connectivity index (χ3n) is 6.40. The van der Waals surface area contributed by atoms with E-state index in [1.807, 2.05) is 0 Å². The maximum atomic E-state index is 14.6. The number of amides is 1. The Bertz CT molecular complexity index is 1130. The highest BCUT2D eigenvalue weighted by atomic mass is 32.2. The lowest BCUT2D eigenvalue weighted by Gasteiger charge is -2.42. The summed E-state index contributed by atoms with van der Waals surface area (Å²) in [6.45, 7) is -0.345. The van der Waals surface area contributed by atoms with Gasteiger partial charge in [-0.05, 0) is 43.0 Å². The number of pyridine rings is 1. The minimum Gasteiger partial charge on any atom is -0.330 e. The van der Waals surface area contributed by atoms with Gasteiger partial charge in [0.05, 0.1) is 16.5 Å². The summed E-state index contributed by atoms with van der Waals surface area (Å²) >= 11 is 1.04. The van der Waals surface area contributed by atoms with Gasteiger partial charge < -0.3 is 4.90 Å². The van der Waals surface area contributed by atoms with Crippen LogP contribution in [0.15, 0.2) is 47.4 Å². The van der Waals surface area contributed by atoms with Gasteiger partial charge in [0.1, 0.15) is 0 Å². The number of fused-ring (bicyclic) bond motifs is 3. The Hall–Kier alpha value is -2.51. The van der Waals surface area contributed by atoms with Gasteiger partial charge in [-0.15, -0.1) is 11.8 Å². The number of aromatic nitrogens is 1. The van der Waals surface area contributed by atoms with Crippen LogP contribution in [0.2, 0.25) is 0 Å². The zero-order valence-corrected chi connectivity index (χ0v) is 18.8. The fourth-order valence-electron chi connectivity index (χ4n) is 4.84. The van der Waals surface area contributed by atoms with Crippen LogP contribution in [0.25, 0.3) is 0 Å². The molecular weight excluding hydrogens is 530 g/mol. The number of carbonyl (C=O) groups excluding carboxylic acids is 1. The molecule has 2 heterocycles. The molecule has 0 saturated carbocycles. The van der Waals surface area contributed by atoms with Gasteiger partial charge in [0.15, 0.2) is 0 Å². The number of likely N-dealkylation sites (tertiary alicyclic amines) is 1. The van der Waals surface area contributed by atoms with Gasteiger partial charge in [0.25, 0.3) is 0 Å². The molecule has 2 unspecified atom stereocenters. The average molecular weight is 546 g/mol. The van der Waals surface area contributed by atoms with Gasteiger partial charge in [0, 0.05) is 17.1 Å². The van der Waals surface area contributed by atoms with Crippen molar-refractivity contribution in [2.45, 2.75) is 59.1 Å². The van der Waals surface area contributed by atoms with Gasteiger partial charge in [-0.3, -0.25) is 9.78 Å². The number of thioether (sulfide) groups is 1. The second-order valence-corrected chi connectivity index (χ2v) is 9.85. The smallest absolute Gasteiger partial charge is 0.330 e. The zero-order chi connectivity index (χ0) is 26.7. The Kier molecular flexibility index (Phi) is 6.28. The van der Waals surface area contributed by atoms with Gasteiger partial charge in [0.2, 0.25) is 0 Å². The van der Waals surface area contributed by atoms with E-state index >= 15 is 0 Å². The van der Waals surface area contributed by atoms with Crippen LogP contribution in [0, 0.1) is 0 Å². The van der Waals surface area contributed by atoms with Crippen LogP contribution in [-0.2, 0) is 21.6 Å². The monoisotopic (exact) mass is 546 g/mol. The summed E-state index contributed by atoms with van der Waals surface area (Å²) in [4.78, 5) is 16.7. The Balaban J connectivity index is 1.85. The molecule has 2 aliphatic rings. The molecule has 4 rings (SSSR count). The molecule has 0 bridgehead atoms. The van der Waals surface area contributed by atoms with Gasteiger partial charge in [-0.25, -0.2) is 4.39 Å². The first-order valence-corrected chi connectivity index (χ1v) is 11.3. The Morgan fingerprint density at radius 3 is 2.08 bits per heavy atom. The minimum atomic E-state index is -6.36. The van der Waals surface area contributed by atoms with Crippen molar-refractivity contribution in [3.8, 4) is 0 Å². The first-order valence-electron chi connectivity index (χ1n) is 10.5. The number of benzene rings is 1. The summed E-state index contributed by atoms with van der Waals surface area (Å²) in [6.07, 6.45) is -18.5. The maximum Gasteiger partial charge on any atom is 0.471 e. The van der Waals surface area contributed by atoms with E-state index in [1.54, 1.807) is 30.3 Å². The van der Waals surface area contributed by atoms with Crippen LogP contribution in [0.3, 0.4) is 0 Å². The number of aryl methyl sites for hydroxylation is 1. The lowest BCUT2D eigenvalue weighted by Crippen LogP contribution is -2.52. The predicted molar refractivity (Wildman–Crippen MR) is 108 cm³/mol. The molecule has 1 aliphatic carbocycles. The number of hydrogen-bond acceptors (Lipinski definition) is 3. The highest BCUT2D eigenvalue weighted by Gasteiger charge is 2.74. The van der Waals surface area contributed by atoms with E-state index in [2.05, 4.69) is 4.98 Å². The molecule has 1 amide bonds. The van der Waals surface area contributed by atoms with Crippen molar-refractivity contribution in [3.63, 3.8) is 0 Å². The van der Waals surface area contributed by atoms with Crippen LogP contribution in [0.4, 0.5) is 43.9 Å². The molecule has 0 spiro atoms. The van der Waals surface area contributed by atoms with E-state index in [-0.39, 0.29) is 43.1 Å². The van der Waals surface area contributed by atoms with Crippen LogP contribution < -0.4 is 0 Å². The summed E-state index contributed by atoms with van der Waals surface area (Å²) in [5.41, 5.74) is -7.86. The normalized spacial score (nSPS) is 22.8. The van der Waals surface area contributed by atoms with Crippen molar-refractivity contribution in [1.82, 2.24) is 9.88 Å². The molecule has 36 heavy (non-hydrogen) atoms. The molecule has 196 valence electrons. The van der Waals surface area contributed by atoms with E-state index in [0.717, 1.165) is 17.8 Å². The SMILES string of the molecule is O=C(N1CCC2(Sc3ccccc3)c3ccc(C(F)(C(F)(F)F)C(F)(F)F)nc3CCC12)C(F)(F)F. The van der Waals surface area contributed by atoms with Crippen molar-refractivity contribution >= 4 is 17.7 Å². The van der Waals surface area contributed by atoms with Crippen LogP contribution in [0.5, 0.6) is 0 Å². The van der Waals surface area contributed by atoms with Gasteiger partial charge in [-0.1, -0.05) is 24.3 Å². The Labute approximate surface area is 201 Å². The lowest BCUT2D eigenvalue weighted by atomic mass is 9.80. The second kappa shape index (κ2) is 8.52. The third-order valence-corrected chi connectivity index (χ3v) is 7.97.